The van der Waals surface area contributed by atoms with Gasteiger partial charge in [0.2, 0.25) is 29.5 Å². The van der Waals surface area contributed by atoms with Gasteiger partial charge in [0.15, 0.2) is 17.1 Å². The summed E-state index contributed by atoms with van der Waals surface area (Å²) >= 11 is 0. The van der Waals surface area contributed by atoms with E-state index in [1.807, 2.05) is 0 Å². The van der Waals surface area contributed by atoms with Crippen molar-refractivity contribution < 1.29 is 79.2 Å². The monoisotopic (exact) mass is 640 g/mol. The minimum atomic E-state index is -1.91. The third-order valence-corrected chi connectivity index (χ3v) is 7.53. The van der Waals surface area contributed by atoms with E-state index in [2.05, 4.69) is 0 Å². The van der Waals surface area contributed by atoms with Crippen molar-refractivity contribution in [3.63, 3.8) is 0 Å². The van der Waals surface area contributed by atoms with E-state index >= 15 is 0 Å². The maximum absolute atomic E-state index is 13.9. The van der Waals surface area contributed by atoms with Crippen LogP contribution in [-0.4, -0.2) is 133 Å². The smallest absolute Gasteiger partial charge is 0.239 e. The van der Waals surface area contributed by atoms with Crippen LogP contribution in [0.15, 0.2) is 39.5 Å². The van der Waals surface area contributed by atoms with Gasteiger partial charge in [-0.3, -0.25) is 4.79 Å². The average Bonchev–Trinajstić information content (AvgIpc) is 3.02. The second-order valence-corrected chi connectivity index (χ2v) is 10.4. The maximum Gasteiger partial charge on any atom is 0.239 e. The molecule has 0 unspecified atom stereocenters. The molecule has 17 nitrogen and oxygen atoms in total. The normalized spacial score (nSPS) is 31.9. The Labute approximate surface area is 252 Å². The molecule has 2 aromatic carbocycles. The number of fused-ring (bicyclic) bond motifs is 1. The summed E-state index contributed by atoms with van der Waals surface area (Å²) < 4.78 is 33.5. The first-order valence-corrected chi connectivity index (χ1v) is 13.6. The lowest BCUT2D eigenvalue weighted by Gasteiger charge is -2.39. The molecule has 3 aromatic rings. The minimum Gasteiger partial charge on any atom is -0.508 e. The first kappa shape index (κ1) is 32.6. The Morgan fingerprint density at radius 2 is 1.27 bits per heavy atom. The van der Waals surface area contributed by atoms with Crippen LogP contribution in [0.1, 0.15) is 0 Å². The number of aromatic hydroxyl groups is 2. The Bertz CT molecular complexity index is 1550. The fraction of sp³-hybridized carbons (Fsp3) is 0.464. The van der Waals surface area contributed by atoms with Gasteiger partial charge >= 0.3 is 0 Å². The fourth-order valence-electron chi connectivity index (χ4n) is 5.05. The van der Waals surface area contributed by atoms with Crippen molar-refractivity contribution >= 4 is 11.0 Å². The number of hydrogen-bond acceptors (Lipinski definition) is 17. The molecule has 0 bridgehead atoms. The van der Waals surface area contributed by atoms with Gasteiger partial charge in [-0.2, -0.15) is 0 Å². The van der Waals surface area contributed by atoms with Crippen molar-refractivity contribution in [2.45, 2.75) is 61.4 Å². The first-order chi connectivity index (χ1) is 21.4. The minimum absolute atomic E-state index is 0.119. The Morgan fingerprint density at radius 1 is 0.733 bits per heavy atom. The molecule has 45 heavy (non-hydrogen) atoms. The summed E-state index contributed by atoms with van der Waals surface area (Å²) in [5.41, 5.74) is -1.36. The number of aliphatic hydroxyl groups excluding tert-OH is 8. The van der Waals surface area contributed by atoms with Crippen molar-refractivity contribution in [2.24, 2.45) is 0 Å². The summed E-state index contributed by atoms with van der Waals surface area (Å²) in [5, 5.41) is 101. The van der Waals surface area contributed by atoms with E-state index in [0.717, 1.165) is 13.2 Å². The molecule has 0 saturated carbocycles. The fourth-order valence-corrected chi connectivity index (χ4v) is 5.05. The topological polar surface area (TPSA) is 279 Å². The SMILES string of the molecule is COc1c(O[C@@H]2O[C@H](CO)[C@@H](O)[C@@H](O)[C@H]2O)cc(O)c2c(=O)c(O[C@@H]3O[C@@H](CO)[C@H](O)[C@H](O)[C@@H]3O)c(-c3ccc(O)cc3)oc12. The molecule has 246 valence electrons. The van der Waals surface area contributed by atoms with E-state index < -0.39 is 103 Å². The van der Waals surface area contributed by atoms with Gasteiger partial charge in [-0.25, -0.2) is 0 Å². The third kappa shape index (κ3) is 5.86. The largest absolute Gasteiger partial charge is 0.508 e. The number of methoxy groups -OCH3 is 1. The summed E-state index contributed by atoms with van der Waals surface area (Å²) in [6.45, 7) is -1.52. The summed E-state index contributed by atoms with van der Waals surface area (Å²) in [5.74, 6) is -2.62. The first-order valence-electron chi connectivity index (χ1n) is 13.6. The van der Waals surface area contributed by atoms with Crippen LogP contribution in [0.4, 0.5) is 0 Å². The van der Waals surface area contributed by atoms with Gasteiger partial charge in [-0.15, -0.1) is 0 Å². The Kier molecular flexibility index (Phi) is 9.38. The van der Waals surface area contributed by atoms with Crippen molar-refractivity contribution in [2.75, 3.05) is 20.3 Å². The molecular formula is C28H32O17. The predicted molar refractivity (Wildman–Crippen MR) is 147 cm³/mol. The lowest BCUT2D eigenvalue weighted by molar-refractivity contribution is -0.277. The zero-order chi connectivity index (χ0) is 32.7. The number of phenols is 2. The Morgan fingerprint density at radius 3 is 1.78 bits per heavy atom. The number of benzene rings is 2. The molecule has 10 atom stereocenters. The Balaban J connectivity index is 1.65. The number of phenolic OH excluding ortho intramolecular Hbond substituents is 2. The molecular weight excluding hydrogens is 608 g/mol. The lowest BCUT2D eigenvalue weighted by Crippen LogP contribution is -2.60. The molecule has 17 heteroatoms. The number of aliphatic hydroxyl groups is 8. The highest BCUT2D eigenvalue weighted by atomic mass is 16.7. The van der Waals surface area contributed by atoms with Crippen molar-refractivity contribution in [3.8, 4) is 40.1 Å². The highest BCUT2D eigenvalue weighted by Crippen LogP contribution is 2.45. The second kappa shape index (κ2) is 12.9. The van der Waals surface area contributed by atoms with Gasteiger partial charge < -0.3 is 79.2 Å². The van der Waals surface area contributed by atoms with Crippen molar-refractivity contribution in [1.82, 2.24) is 0 Å². The highest BCUT2D eigenvalue weighted by molar-refractivity contribution is 5.93. The standard InChI is InChI=1S/C28H32O17/c1-40-24-12(41-27-21(38)19(36)16(33)13(7-29)42-27)6-11(32)15-18(35)26(23(44-25(15)24)9-2-4-10(31)5-3-9)45-28-22(39)20(37)17(34)14(8-30)43-28/h2-6,13-14,16-17,19-22,27-34,36-39H,7-8H2,1H3/t13-,14+,16-,17+,19-,20+,21-,22+,27-,28+/m1/s1. The van der Waals surface area contributed by atoms with Crippen LogP contribution in [0.25, 0.3) is 22.3 Å². The van der Waals surface area contributed by atoms with Crippen LogP contribution in [0.3, 0.4) is 0 Å². The third-order valence-electron chi connectivity index (χ3n) is 7.53. The maximum atomic E-state index is 13.9. The van der Waals surface area contributed by atoms with E-state index in [0.29, 0.717) is 0 Å². The molecule has 2 fully saturated rings. The van der Waals surface area contributed by atoms with E-state index in [9.17, 15) is 55.9 Å². The molecule has 0 amide bonds. The molecule has 2 aliphatic heterocycles. The summed E-state index contributed by atoms with van der Waals surface area (Å²) in [6, 6.07) is 6.08. The summed E-state index contributed by atoms with van der Waals surface area (Å²) in [7, 11) is 1.16. The van der Waals surface area contributed by atoms with Gasteiger partial charge in [0.25, 0.3) is 0 Å². The van der Waals surface area contributed by atoms with Gasteiger partial charge in [-0.05, 0) is 24.3 Å². The van der Waals surface area contributed by atoms with Crippen LogP contribution in [0.5, 0.6) is 28.7 Å². The van der Waals surface area contributed by atoms with Crippen molar-refractivity contribution in [3.05, 3.63) is 40.6 Å². The van der Waals surface area contributed by atoms with Crippen LogP contribution < -0.4 is 19.6 Å². The van der Waals surface area contributed by atoms with Crippen molar-refractivity contribution in [1.29, 1.82) is 0 Å². The van der Waals surface area contributed by atoms with E-state index in [1.165, 1.54) is 24.3 Å². The zero-order valence-corrected chi connectivity index (χ0v) is 23.4. The second-order valence-electron chi connectivity index (χ2n) is 10.4. The zero-order valence-electron chi connectivity index (χ0n) is 23.4. The number of hydrogen-bond donors (Lipinski definition) is 10. The molecule has 0 aliphatic carbocycles. The van der Waals surface area contributed by atoms with Gasteiger partial charge in [0.1, 0.15) is 65.7 Å². The molecule has 1 aromatic heterocycles. The molecule has 0 spiro atoms. The molecule has 2 aliphatic rings. The quantitative estimate of drug-likeness (QED) is 0.119. The molecule has 10 N–H and O–H groups in total. The van der Waals surface area contributed by atoms with Gasteiger partial charge in [-0.1, -0.05) is 0 Å². The number of rotatable bonds is 8. The molecule has 3 heterocycles. The average molecular weight is 641 g/mol. The highest BCUT2D eigenvalue weighted by Gasteiger charge is 2.47. The van der Waals surface area contributed by atoms with Crippen LogP contribution in [0, 0.1) is 0 Å². The van der Waals surface area contributed by atoms with E-state index in [4.69, 9.17) is 28.1 Å². The molecule has 5 rings (SSSR count). The van der Waals surface area contributed by atoms with Crippen LogP contribution in [-0.2, 0) is 9.47 Å². The summed E-state index contributed by atoms with van der Waals surface area (Å²) in [4.78, 5) is 13.9. The predicted octanol–water partition coefficient (Wildman–Crippen LogP) is -2.76. The molecule has 0 radical (unpaired) electrons. The number of ether oxygens (including phenoxy) is 5. The van der Waals surface area contributed by atoms with Crippen LogP contribution in [0.2, 0.25) is 0 Å². The van der Waals surface area contributed by atoms with Crippen LogP contribution >= 0.6 is 0 Å². The Hall–Kier alpha value is -3.75. The lowest BCUT2D eigenvalue weighted by atomic mass is 9.99. The summed E-state index contributed by atoms with van der Waals surface area (Å²) in [6.07, 6.45) is -17.0. The van der Waals surface area contributed by atoms with Gasteiger partial charge in [0, 0.05) is 11.6 Å². The van der Waals surface area contributed by atoms with Gasteiger partial charge in [0.05, 0.1) is 20.3 Å². The molecule has 2 saturated heterocycles. The van der Waals surface area contributed by atoms with E-state index in [1.54, 1.807) is 0 Å². The van der Waals surface area contributed by atoms with E-state index in [-0.39, 0.29) is 28.6 Å².